The van der Waals surface area contributed by atoms with Crippen LogP contribution in [0.1, 0.15) is 77.0 Å². The van der Waals surface area contributed by atoms with E-state index in [2.05, 4.69) is 25.9 Å². The van der Waals surface area contributed by atoms with Crippen LogP contribution < -0.4 is 0 Å². The zero-order chi connectivity index (χ0) is 20.8. The van der Waals surface area contributed by atoms with Crippen LogP contribution in [0, 0.1) is 34.5 Å². The average Bonchev–Trinajstić information content (AvgIpc) is 3.18. The van der Waals surface area contributed by atoms with E-state index < -0.39 is 15.6 Å². The van der Waals surface area contributed by atoms with Crippen molar-refractivity contribution in [2.45, 2.75) is 84.2 Å². The van der Waals surface area contributed by atoms with Gasteiger partial charge in [-0.2, -0.15) is 9.19 Å². The maximum atomic E-state index is 12.0. The number of aromatic nitrogens is 2. The van der Waals surface area contributed by atoms with Crippen LogP contribution in [-0.2, 0) is 22.9 Å². The number of nitrogens with zero attached hydrogens (tertiary/aromatic N) is 2. The molecule has 1 heterocycles. The Hall–Kier alpha value is -0.880. The van der Waals surface area contributed by atoms with Gasteiger partial charge in [-0.1, -0.05) is 20.8 Å². The Morgan fingerprint density at radius 3 is 2.59 bits per heavy atom. The molecule has 3 unspecified atom stereocenters. The lowest BCUT2D eigenvalue weighted by atomic mass is 9.44. The summed E-state index contributed by atoms with van der Waals surface area (Å²) >= 11 is 0. The van der Waals surface area contributed by atoms with Gasteiger partial charge < -0.3 is 5.11 Å². The summed E-state index contributed by atoms with van der Waals surface area (Å²) in [4.78, 5) is 0. The van der Waals surface area contributed by atoms with Gasteiger partial charge in [0, 0.05) is 6.20 Å². The molecule has 1 aromatic rings. The third kappa shape index (κ3) is 2.60. The fraction of sp³-hybridized carbons (Fsp3) is 0.870. The Morgan fingerprint density at radius 1 is 1.17 bits per heavy atom. The zero-order valence-electron chi connectivity index (χ0n) is 18.3. The van der Waals surface area contributed by atoms with E-state index in [0.29, 0.717) is 23.7 Å². The van der Waals surface area contributed by atoms with Crippen molar-refractivity contribution in [3.8, 4) is 0 Å². The Balaban J connectivity index is 1.48. The minimum absolute atomic E-state index is 0.0626. The van der Waals surface area contributed by atoms with E-state index in [-0.39, 0.29) is 10.8 Å². The van der Waals surface area contributed by atoms with Gasteiger partial charge in [-0.15, -0.1) is 0 Å². The lowest BCUT2D eigenvalue weighted by molar-refractivity contribution is -0.146. The highest BCUT2D eigenvalue weighted by molar-refractivity contribution is 7.89. The summed E-state index contributed by atoms with van der Waals surface area (Å²) in [5.74, 6) is 2.59. The molecule has 0 saturated heterocycles. The molecule has 4 aliphatic carbocycles. The van der Waals surface area contributed by atoms with Gasteiger partial charge in [-0.25, -0.2) is 8.42 Å². The van der Waals surface area contributed by atoms with E-state index in [1.807, 2.05) is 0 Å². The summed E-state index contributed by atoms with van der Waals surface area (Å²) in [5, 5.41) is 15.8. The Bertz CT molecular complexity index is 940. The van der Waals surface area contributed by atoms with Crippen LogP contribution in [0.5, 0.6) is 0 Å². The van der Waals surface area contributed by atoms with Gasteiger partial charge in [0.05, 0.1) is 17.6 Å². The van der Waals surface area contributed by atoms with Gasteiger partial charge in [-0.05, 0) is 97.9 Å². The van der Waals surface area contributed by atoms with Gasteiger partial charge in [0.15, 0.2) is 0 Å². The van der Waals surface area contributed by atoms with Gasteiger partial charge in [0.2, 0.25) is 0 Å². The molecule has 0 amide bonds. The van der Waals surface area contributed by atoms with Gasteiger partial charge in [0.1, 0.15) is 0 Å². The predicted octanol–water partition coefficient (Wildman–Crippen LogP) is 3.79. The molecule has 0 aliphatic heterocycles. The largest absolute Gasteiger partial charge is 0.389 e. The van der Waals surface area contributed by atoms with E-state index in [4.69, 9.17) is 0 Å². The normalized spacial score (nSPS) is 46.5. The van der Waals surface area contributed by atoms with Crippen molar-refractivity contribution in [1.29, 1.82) is 0 Å². The van der Waals surface area contributed by atoms with Crippen LogP contribution in [0.25, 0.3) is 0 Å². The Morgan fingerprint density at radius 2 is 1.90 bits per heavy atom. The predicted molar refractivity (Wildman–Crippen MR) is 113 cm³/mol. The Labute approximate surface area is 175 Å². The first-order chi connectivity index (χ1) is 13.5. The second-order valence-electron chi connectivity index (χ2n) is 11.2. The molecule has 3 saturated carbocycles. The van der Waals surface area contributed by atoms with E-state index in [1.54, 1.807) is 6.20 Å². The molecular formula is C23H36N2O3S. The van der Waals surface area contributed by atoms with Crippen LogP contribution in [0.3, 0.4) is 0 Å². The summed E-state index contributed by atoms with van der Waals surface area (Å²) < 4.78 is 25.2. The fourth-order valence-corrected chi connectivity index (χ4v) is 8.96. The molecule has 1 N–H and O–H groups in total. The maximum Gasteiger partial charge on any atom is 0.250 e. The molecule has 3 fully saturated rings. The quantitative estimate of drug-likeness (QED) is 0.790. The summed E-state index contributed by atoms with van der Waals surface area (Å²) in [5.41, 5.74) is 1.93. The van der Waals surface area contributed by atoms with Crippen LogP contribution in [0.15, 0.2) is 6.20 Å². The molecule has 29 heavy (non-hydrogen) atoms. The topological polar surface area (TPSA) is 72.2 Å². The molecule has 162 valence electrons. The van der Waals surface area contributed by atoms with Crippen molar-refractivity contribution in [3.05, 3.63) is 17.5 Å². The van der Waals surface area contributed by atoms with Crippen molar-refractivity contribution in [1.82, 2.24) is 9.19 Å². The monoisotopic (exact) mass is 420 g/mol. The molecule has 0 spiro atoms. The van der Waals surface area contributed by atoms with Crippen LogP contribution in [0.4, 0.5) is 0 Å². The zero-order valence-corrected chi connectivity index (χ0v) is 19.1. The summed E-state index contributed by atoms with van der Waals surface area (Å²) in [6, 6.07) is 0. The summed E-state index contributed by atoms with van der Waals surface area (Å²) in [6.07, 6.45) is 12.6. The molecule has 7 atom stereocenters. The Kier molecular flexibility index (Phi) is 4.21. The lowest BCUT2D eigenvalue weighted by Crippen LogP contribution is -2.56. The molecule has 4 aliphatic rings. The molecule has 5 nitrogen and oxygen atoms in total. The first-order valence-corrected chi connectivity index (χ1v) is 13.4. The SMILES string of the molecule is CC[C@]1(O)CCC2C3CC[C@H]4Cc5nn(S(C)(=O)=O)cc5C[C@]4(C)C3CC[C@@]21C. The molecule has 0 aromatic carbocycles. The number of rotatable bonds is 2. The van der Waals surface area contributed by atoms with E-state index in [1.165, 1.54) is 36.0 Å². The second-order valence-corrected chi connectivity index (χ2v) is 13.0. The lowest BCUT2D eigenvalue weighted by Gasteiger charge is -2.61. The van der Waals surface area contributed by atoms with Gasteiger partial charge in [-0.3, -0.25) is 0 Å². The molecule has 0 radical (unpaired) electrons. The summed E-state index contributed by atoms with van der Waals surface area (Å²) in [6.45, 7) is 6.99. The minimum atomic E-state index is -3.33. The third-order valence-corrected chi connectivity index (χ3v) is 11.0. The molecule has 1 aromatic heterocycles. The van der Waals surface area contributed by atoms with Crippen LogP contribution in [-0.4, -0.2) is 34.6 Å². The minimum Gasteiger partial charge on any atom is -0.389 e. The highest BCUT2D eigenvalue weighted by Gasteiger charge is 2.64. The van der Waals surface area contributed by atoms with E-state index in [0.717, 1.165) is 43.4 Å². The molecule has 0 bridgehead atoms. The van der Waals surface area contributed by atoms with Crippen molar-refractivity contribution >= 4 is 10.0 Å². The fourth-order valence-electron chi connectivity index (χ4n) is 8.39. The first kappa shape index (κ1) is 20.0. The van der Waals surface area contributed by atoms with Crippen molar-refractivity contribution in [2.24, 2.45) is 34.5 Å². The van der Waals surface area contributed by atoms with Gasteiger partial charge >= 0.3 is 0 Å². The van der Waals surface area contributed by atoms with Crippen LogP contribution >= 0.6 is 0 Å². The number of hydrogen-bond donors (Lipinski definition) is 1. The molecule has 6 heteroatoms. The van der Waals surface area contributed by atoms with Crippen LogP contribution in [0.2, 0.25) is 0 Å². The van der Waals surface area contributed by atoms with Crippen molar-refractivity contribution < 1.29 is 13.5 Å². The van der Waals surface area contributed by atoms with Crippen molar-refractivity contribution in [3.63, 3.8) is 0 Å². The molecular weight excluding hydrogens is 384 g/mol. The molecule has 5 rings (SSSR count). The first-order valence-electron chi connectivity index (χ1n) is 11.5. The smallest absolute Gasteiger partial charge is 0.250 e. The van der Waals surface area contributed by atoms with E-state index >= 15 is 0 Å². The van der Waals surface area contributed by atoms with Gasteiger partial charge in [0.25, 0.3) is 10.0 Å². The number of aliphatic hydroxyl groups is 1. The highest BCUT2D eigenvalue weighted by Crippen LogP contribution is 2.68. The number of fused-ring (bicyclic) bond motifs is 6. The summed E-state index contributed by atoms with van der Waals surface area (Å²) in [7, 11) is -3.33. The maximum absolute atomic E-state index is 12.0. The third-order valence-electron chi connectivity index (χ3n) is 10.2. The second kappa shape index (κ2) is 6.09. The van der Waals surface area contributed by atoms with Crippen molar-refractivity contribution in [2.75, 3.05) is 6.26 Å². The number of hydrogen-bond acceptors (Lipinski definition) is 4. The van der Waals surface area contributed by atoms with E-state index in [9.17, 15) is 13.5 Å². The standard InChI is InChI=1S/C23H36N2O3S/c1-5-23(26)11-9-19-17-7-6-16-12-20-15(14-25(24-20)29(4,27)28)13-21(16,2)18(17)8-10-22(19,23)3/h14,16-19,26H,5-13H2,1-4H3/t16-,17?,18?,19?,21-,22-,23-/m0/s1. The average molecular weight is 421 g/mol. The highest BCUT2D eigenvalue weighted by atomic mass is 32.2.